The number of ether oxygens (including phenoxy) is 3. The molecule has 1 heterocycles. The van der Waals surface area contributed by atoms with Crippen LogP contribution in [0.1, 0.15) is 11.1 Å². The first-order valence-electron chi connectivity index (χ1n) is 11.1. The minimum atomic E-state index is -1.06. The van der Waals surface area contributed by atoms with Crippen LogP contribution in [0.15, 0.2) is 101 Å². The van der Waals surface area contributed by atoms with E-state index in [0.717, 1.165) is 16.0 Å². The largest absolute Gasteiger partial charge is 0.390 e. The lowest BCUT2D eigenvalue weighted by Gasteiger charge is -2.42. The number of benzene rings is 3. The molecule has 0 spiro atoms. The van der Waals surface area contributed by atoms with Crippen molar-refractivity contribution in [2.75, 3.05) is 6.61 Å². The molecule has 1 fully saturated rings. The first-order chi connectivity index (χ1) is 16.7. The Kier molecular flexibility index (Phi) is 8.98. The van der Waals surface area contributed by atoms with Crippen molar-refractivity contribution >= 4 is 11.8 Å². The number of rotatable bonds is 10. The number of azide groups is 1. The van der Waals surface area contributed by atoms with Gasteiger partial charge in [0.2, 0.25) is 0 Å². The molecule has 0 bridgehead atoms. The number of nitrogens with zero attached hydrogens (tertiary/aromatic N) is 3. The third-order valence-corrected chi connectivity index (χ3v) is 6.67. The smallest absolute Gasteiger partial charge is 0.119 e. The summed E-state index contributed by atoms with van der Waals surface area (Å²) >= 11 is 1.41. The van der Waals surface area contributed by atoms with Crippen molar-refractivity contribution in [3.8, 4) is 0 Å². The van der Waals surface area contributed by atoms with Crippen LogP contribution in [0.4, 0.5) is 0 Å². The summed E-state index contributed by atoms with van der Waals surface area (Å²) in [4.78, 5) is 3.92. The van der Waals surface area contributed by atoms with Crippen molar-refractivity contribution in [2.45, 2.75) is 47.9 Å². The maximum atomic E-state index is 11.2. The van der Waals surface area contributed by atoms with Crippen molar-refractivity contribution in [1.29, 1.82) is 0 Å². The van der Waals surface area contributed by atoms with Crippen LogP contribution < -0.4 is 0 Å². The Bertz CT molecular complexity index is 1050. The van der Waals surface area contributed by atoms with E-state index < -0.39 is 29.8 Å². The van der Waals surface area contributed by atoms with Gasteiger partial charge in [-0.05, 0) is 28.8 Å². The zero-order valence-corrected chi connectivity index (χ0v) is 19.4. The van der Waals surface area contributed by atoms with E-state index in [0.29, 0.717) is 13.2 Å². The molecular formula is C26H27N3O4S. The van der Waals surface area contributed by atoms with Crippen LogP contribution in [0, 0.1) is 0 Å². The zero-order chi connectivity index (χ0) is 23.6. The van der Waals surface area contributed by atoms with Gasteiger partial charge in [0.1, 0.15) is 23.7 Å². The number of aliphatic hydroxyl groups is 1. The van der Waals surface area contributed by atoms with E-state index in [-0.39, 0.29) is 6.61 Å². The van der Waals surface area contributed by atoms with E-state index >= 15 is 0 Å². The number of thioether (sulfide) groups is 1. The summed E-state index contributed by atoms with van der Waals surface area (Å²) in [6.45, 7) is 0.930. The lowest BCUT2D eigenvalue weighted by Crippen LogP contribution is -2.58. The lowest BCUT2D eigenvalue weighted by molar-refractivity contribution is -0.195. The predicted molar refractivity (Wildman–Crippen MR) is 131 cm³/mol. The highest BCUT2D eigenvalue weighted by molar-refractivity contribution is 7.99. The maximum absolute atomic E-state index is 11.2. The van der Waals surface area contributed by atoms with E-state index in [1.54, 1.807) is 0 Å². The van der Waals surface area contributed by atoms with Gasteiger partial charge in [-0.15, -0.1) is 0 Å². The molecule has 1 aliphatic heterocycles. The molecule has 1 aliphatic rings. The van der Waals surface area contributed by atoms with E-state index in [4.69, 9.17) is 19.7 Å². The highest BCUT2D eigenvalue weighted by atomic mass is 32.2. The predicted octanol–water partition coefficient (Wildman–Crippen LogP) is 5.35. The van der Waals surface area contributed by atoms with Crippen LogP contribution in [0.5, 0.6) is 0 Å². The molecule has 7 nitrogen and oxygen atoms in total. The molecular weight excluding hydrogens is 450 g/mol. The highest BCUT2D eigenvalue weighted by Gasteiger charge is 2.46. The fourth-order valence-corrected chi connectivity index (χ4v) is 4.93. The average molecular weight is 478 g/mol. The van der Waals surface area contributed by atoms with E-state index in [1.165, 1.54) is 11.8 Å². The van der Waals surface area contributed by atoms with Gasteiger partial charge in [0, 0.05) is 9.81 Å². The van der Waals surface area contributed by atoms with Crippen molar-refractivity contribution in [3.63, 3.8) is 0 Å². The van der Waals surface area contributed by atoms with Gasteiger partial charge < -0.3 is 19.3 Å². The van der Waals surface area contributed by atoms with Gasteiger partial charge in [0.05, 0.1) is 25.9 Å². The Morgan fingerprint density at radius 2 is 1.47 bits per heavy atom. The average Bonchev–Trinajstić information content (AvgIpc) is 2.88. The summed E-state index contributed by atoms with van der Waals surface area (Å²) in [5, 5.41) is 15.1. The molecule has 4 rings (SSSR count). The summed E-state index contributed by atoms with van der Waals surface area (Å²) in [7, 11) is 0. The van der Waals surface area contributed by atoms with Crippen LogP contribution >= 0.6 is 11.8 Å². The van der Waals surface area contributed by atoms with Crippen molar-refractivity contribution in [3.05, 3.63) is 113 Å². The molecule has 3 aromatic carbocycles. The van der Waals surface area contributed by atoms with E-state index in [1.807, 2.05) is 91.0 Å². The standard InChI is InChI=1S/C26H27N3O4S/c27-29-28-23-24(30)25(32-17-20-12-6-2-7-13-20)22(18-31-16-19-10-4-1-5-11-19)33-26(23)34-21-14-8-3-9-15-21/h1-15,22-26,30H,16-18H2/t22-,23-,24-,25-,26+/m1/s1. The fourth-order valence-electron chi connectivity index (χ4n) is 3.79. The number of aliphatic hydroxyl groups excluding tert-OH is 1. The van der Waals surface area contributed by atoms with Crippen LogP contribution in [0.25, 0.3) is 10.4 Å². The Morgan fingerprint density at radius 3 is 2.09 bits per heavy atom. The summed E-state index contributed by atoms with van der Waals surface area (Å²) < 4.78 is 18.4. The second-order valence-electron chi connectivity index (χ2n) is 7.92. The molecule has 3 aromatic rings. The SMILES string of the molecule is [N-]=[N+]=N[C@@H]1[C@@H](O)[C@H](OCc2ccccc2)[C@@H](COCc2ccccc2)O[C@H]1Sc1ccccc1. The zero-order valence-electron chi connectivity index (χ0n) is 18.6. The first kappa shape index (κ1) is 24.3. The molecule has 1 saturated heterocycles. The Balaban J connectivity index is 1.51. The van der Waals surface area contributed by atoms with Crippen LogP contribution in [-0.2, 0) is 27.4 Å². The molecule has 34 heavy (non-hydrogen) atoms. The minimum Gasteiger partial charge on any atom is -0.390 e. The lowest BCUT2D eigenvalue weighted by atomic mass is 9.98. The molecule has 0 unspecified atom stereocenters. The summed E-state index contributed by atoms with van der Waals surface area (Å²) in [6, 6.07) is 28.4. The van der Waals surface area contributed by atoms with Crippen molar-refractivity contribution in [2.24, 2.45) is 5.11 Å². The minimum absolute atomic E-state index is 0.222. The molecule has 5 atom stereocenters. The van der Waals surface area contributed by atoms with Gasteiger partial charge in [0.15, 0.2) is 0 Å². The van der Waals surface area contributed by atoms with Gasteiger partial charge in [-0.3, -0.25) is 0 Å². The fraction of sp³-hybridized carbons (Fsp3) is 0.308. The molecule has 0 aliphatic carbocycles. The summed E-state index contributed by atoms with van der Waals surface area (Å²) in [5.41, 5.74) is 10.6. The quantitative estimate of drug-likeness (QED) is 0.241. The van der Waals surface area contributed by atoms with Gasteiger partial charge in [-0.2, -0.15) is 0 Å². The monoisotopic (exact) mass is 477 g/mol. The summed E-state index contributed by atoms with van der Waals surface area (Å²) in [6.07, 6.45) is -2.33. The van der Waals surface area contributed by atoms with Crippen molar-refractivity contribution in [1.82, 2.24) is 0 Å². The molecule has 8 heteroatoms. The first-order valence-corrected chi connectivity index (χ1v) is 12.0. The van der Waals surface area contributed by atoms with E-state index in [2.05, 4.69) is 10.0 Å². The molecule has 0 radical (unpaired) electrons. The Morgan fingerprint density at radius 1 is 0.882 bits per heavy atom. The molecule has 1 N–H and O–H groups in total. The highest BCUT2D eigenvalue weighted by Crippen LogP contribution is 2.36. The van der Waals surface area contributed by atoms with Crippen LogP contribution in [0.3, 0.4) is 0 Å². The number of hydrogen-bond acceptors (Lipinski definition) is 6. The second-order valence-corrected chi connectivity index (χ2v) is 9.09. The summed E-state index contributed by atoms with van der Waals surface area (Å²) in [5.74, 6) is 0. The molecule has 176 valence electrons. The van der Waals surface area contributed by atoms with Gasteiger partial charge in [-0.25, -0.2) is 0 Å². The van der Waals surface area contributed by atoms with Crippen LogP contribution in [0.2, 0.25) is 0 Å². The van der Waals surface area contributed by atoms with E-state index in [9.17, 15) is 5.11 Å². The third-order valence-electron chi connectivity index (χ3n) is 5.50. The molecule has 0 amide bonds. The maximum Gasteiger partial charge on any atom is 0.119 e. The topological polar surface area (TPSA) is 96.7 Å². The molecule has 0 saturated carbocycles. The molecule has 0 aromatic heterocycles. The second kappa shape index (κ2) is 12.6. The normalized spacial score (nSPS) is 24.3. The third kappa shape index (κ3) is 6.61. The Hall–Kier alpha value is -2.84. The van der Waals surface area contributed by atoms with Gasteiger partial charge >= 0.3 is 0 Å². The van der Waals surface area contributed by atoms with Crippen molar-refractivity contribution < 1.29 is 19.3 Å². The number of hydrogen-bond donors (Lipinski definition) is 1. The Labute approximate surface area is 203 Å². The van der Waals surface area contributed by atoms with Crippen LogP contribution in [-0.4, -0.2) is 41.5 Å². The van der Waals surface area contributed by atoms with Gasteiger partial charge in [-0.1, -0.05) is 95.7 Å². The van der Waals surface area contributed by atoms with Gasteiger partial charge in [0.25, 0.3) is 0 Å².